The second-order valence-corrected chi connectivity index (χ2v) is 9.37. The van der Waals surface area contributed by atoms with E-state index in [1.807, 2.05) is 12.1 Å². The van der Waals surface area contributed by atoms with Crippen molar-refractivity contribution >= 4 is 15.7 Å². The molecule has 27 heavy (non-hydrogen) atoms. The lowest BCUT2D eigenvalue weighted by Crippen LogP contribution is -2.48. The molecule has 3 rings (SSSR count). The molecule has 0 saturated carbocycles. The van der Waals surface area contributed by atoms with Crippen LogP contribution in [0.25, 0.3) is 0 Å². The van der Waals surface area contributed by atoms with Crippen LogP contribution >= 0.6 is 0 Å². The highest BCUT2D eigenvalue weighted by Crippen LogP contribution is 2.25. The first kappa shape index (κ1) is 19.9. The van der Waals surface area contributed by atoms with Crippen LogP contribution in [0.2, 0.25) is 0 Å². The van der Waals surface area contributed by atoms with Crippen LogP contribution in [0.5, 0.6) is 0 Å². The van der Waals surface area contributed by atoms with E-state index in [9.17, 15) is 8.42 Å². The first-order chi connectivity index (χ1) is 12.9. The summed E-state index contributed by atoms with van der Waals surface area (Å²) in [7, 11) is -3.42. The molecule has 2 aromatic carbocycles. The highest BCUT2D eigenvalue weighted by atomic mass is 32.2. The molecular formula is C22H30N2O2S. The van der Waals surface area contributed by atoms with Crippen LogP contribution in [0, 0.1) is 13.8 Å². The molecule has 1 fully saturated rings. The molecule has 0 spiro atoms. The number of hydrogen-bond donors (Lipinski definition) is 0. The molecule has 4 nitrogen and oxygen atoms in total. The number of rotatable bonds is 6. The molecule has 1 aliphatic rings. The Morgan fingerprint density at radius 2 is 1.59 bits per heavy atom. The van der Waals surface area contributed by atoms with Crippen molar-refractivity contribution in [1.82, 2.24) is 4.31 Å². The lowest BCUT2D eigenvalue weighted by atomic mass is 10.1. The van der Waals surface area contributed by atoms with Crippen molar-refractivity contribution in [3.8, 4) is 0 Å². The van der Waals surface area contributed by atoms with Gasteiger partial charge in [-0.15, -0.1) is 0 Å². The Hall–Kier alpha value is -1.85. The predicted molar refractivity (Wildman–Crippen MR) is 112 cm³/mol. The van der Waals surface area contributed by atoms with Crippen molar-refractivity contribution in [3.05, 3.63) is 59.2 Å². The van der Waals surface area contributed by atoms with Crippen molar-refractivity contribution in [3.63, 3.8) is 0 Å². The minimum atomic E-state index is -3.42. The van der Waals surface area contributed by atoms with Crippen molar-refractivity contribution in [2.24, 2.45) is 0 Å². The first-order valence-corrected chi connectivity index (χ1v) is 11.3. The standard InChI is InChI=1S/C22H30N2O2S/c1-4-5-6-20-9-11-21(12-10-20)27(25,26)24-15-13-23(14-16-24)22-17-18(2)7-8-19(22)3/h7-12,17H,4-6,13-16H2,1-3H3. The normalized spacial score (nSPS) is 15.9. The third-order valence-electron chi connectivity index (χ3n) is 5.32. The van der Waals surface area contributed by atoms with Crippen LogP contribution in [-0.4, -0.2) is 38.9 Å². The van der Waals surface area contributed by atoms with Crippen LogP contribution < -0.4 is 4.90 Å². The Labute approximate surface area is 163 Å². The Morgan fingerprint density at radius 1 is 0.926 bits per heavy atom. The zero-order valence-electron chi connectivity index (χ0n) is 16.6. The van der Waals surface area contributed by atoms with Gasteiger partial charge in [-0.25, -0.2) is 8.42 Å². The molecular weight excluding hydrogens is 356 g/mol. The topological polar surface area (TPSA) is 40.6 Å². The number of piperazine rings is 1. The van der Waals surface area contributed by atoms with E-state index in [0.717, 1.165) is 32.4 Å². The van der Waals surface area contributed by atoms with Crippen LogP contribution in [0.1, 0.15) is 36.5 Å². The quantitative estimate of drug-likeness (QED) is 0.749. The van der Waals surface area contributed by atoms with Gasteiger partial charge >= 0.3 is 0 Å². The minimum absolute atomic E-state index is 0.405. The smallest absolute Gasteiger partial charge is 0.243 e. The maximum atomic E-state index is 13.0. The Bertz CT molecular complexity index is 868. The molecule has 1 heterocycles. The number of nitrogens with zero attached hydrogens (tertiary/aromatic N) is 2. The highest BCUT2D eigenvalue weighted by molar-refractivity contribution is 7.89. The van der Waals surface area contributed by atoms with E-state index in [0.29, 0.717) is 18.0 Å². The molecule has 0 aromatic heterocycles. The van der Waals surface area contributed by atoms with E-state index >= 15 is 0 Å². The average molecular weight is 387 g/mol. The maximum Gasteiger partial charge on any atom is 0.243 e. The van der Waals surface area contributed by atoms with Gasteiger partial charge in [-0.2, -0.15) is 4.31 Å². The molecule has 0 unspecified atom stereocenters. The predicted octanol–water partition coefficient (Wildman–Crippen LogP) is 4.16. The van der Waals surface area contributed by atoms with Crippen LogP contribution in [0.3, 0.4) is 0 Å². The number of anilines is 1. The zero-order valence-corrected chi connectivity index (χ0v) is 17.4. The van der Waals surface area contributed by atoms with Gasteiger partial charge in [-0.05, 0) is 61.6 Å². The molecule has 1 aliphatic heterocycles. The van der Waals surface area contributed by atoms with Crippen molar-refractivity contribution in [2.75, 3.05) is 31.1 Å². The fraction of sp³-hybridized carbons (Fsp3) is 0.455. The van der Waals surface area contributed by atoms with Crippen molar-refractivity contribution < 1.29 is 8.42 Å². The van der Waals surface area contributed by atoms with Gasteiger partial charge in [-0.1, -0.05) is 37.6 Å². The maximum absolute atomic E-state index is 13.0. The number of sulfonamides is 1. The second-order valence-electron chi connectivity index (χ2n) is 7.43. The van der Waals surface area contributed by atoms with Gasteiger partial charge in [0, 0.05) is 31.9 Å². The first-order valence-electron chi connectivity index (χ1n) is 9.83. The summed E-state index contributed by atoms with van der Waals surface area (Å²) < 4.78 is 27.6. The lowest BCUT2D eigenvalue weighted by molar-refractivity contribution is 0.384. The Morgan fingerprint density at radius 3 is 2.22 bits per heavy atom. The van der Waals surface area contributed by atoms with Gasteiger partial charge in [0.05, 0.1) is 4.90 Å². The molecule has 0 radical (unpaired) electrons. The molecule has 0 aliphatic carbocycles. The van der Waals surface area contributed by atoms with Gasteiger partial charge < -0.3 is 4.90 Å². The Kier molecular flexibility index (Phi) is 6.22. The van der Waals surface area contributed by atoms with Crippen molar-refractivity contribution in [1.29, 1.82) is 0 Å². The van der Waals surface area contributed by atoms with Crippen LogP contribution in [0.15, 0.2) is 47.4 Å². The van der Waals surface area contributed by atoms with Gasteiger partial charge in [-0.3, -0.25) is 0 Å². The number of hydrogen-bond acceptors (Lipinski definition) is 3. The van der Waals surface area contributed by atoms with E-state index in [1.54, 1.807) is 16.4 Å². The van der Waals surface area contributed by atoms with Gasteiger partial charge in [0.25, 0.3) is 0 Å². The third-order valence-corrected chi connectivity index (χ3v) is 7.24. The van der Waals surface area contributed by atoms with Crippen molar-refractivity contribution in [2.45, 2.75) is 44.9 Å². The number of benzene rings is 2. The molecule has 2 aromatic rings. The number of aryl methyl sites for hydroxylation is 3. The fourth-order valence-electron chi connectivity index (χ4n) is 3.59. The molecule has 5 heteroatoms. The molecule has 0 amide bonds. The summed E-state index contributed by atoms with van der Waals surface area (Å²) in [5, 5.41) is 0. The summed E-state index contributed by atoms with van der Waals surface area (Å²) in [5.41, 5.74) is 4.89. The summed E-state index contributed by atoms with van der Waals surface area (Å²) in [6, 6.07) is 13.9. The van der Waals surface area contributed by atoms with Crippen LogP contribution in [0.4, 0.5) is 5.69 Å². The lowest BCUT2D eigenvalue weighted by Gasteiger charge is -2.36. The monoisotopic (exact) mass is 386 g/mol. The SMILES string of the molecule is CCCCc1ccc(S(=O)(=O)N2CCN(c3cc(C)ccc3C)CC2)cc1. The summed E-state index contributed by atoms with van der Waals surface area (Å²) >= 11 is 0. The summed E-state index contributed by atoms with van der Waals surface area (Å²) in [4.78, 5) is 2.70. The molecule has 0 bridgehead atoms. The van der Waals surface area contributed by atoms with Gasteiger partial charge in [0.1, 0.15) is 0 Å². The number of unbranched alkanes of at least 4 members (excludes halogenated alkanes) is 1. The molecule has 1 saturated heterocycles. The highest BCUT2D eigenvalue weighted by Gasteiger charge is 2.28. The van der Waals surface area contributed by atoms with E-state index in [1.165, 1.54) is 22.4 Å². The fourth-order valence-corrected chi connectivity index (χ4v) is 5.01. The second kappa shape index (κ2) is 8.44. The van der Waals surface area contributed by atoms with E-state index < -0.39 is 10.0 Å². The average Bonchev–Trinajstić information content (AvgIpc) is 2.68. The molecule has 0 N–H and O–H groups in total. The Balaban J connectivity index is 1.68. The molecule has 0 atom stereocenters. The summed E-state index contributed by atoms with van der Waals surface area (Å²) in [5.74, 6) is 0. The minimum Gasteiger partial charge on any atom is -0.369 e. The van der Waals surface area contributed by atoms with Crippen LogP contribution in [-0.2, 0) is 16.4 Å². The van der Waals surface area contributed by atoms with E-state index in [2.05, 4.69) is 43.9 Å². The van der Waals surface area contributed by atoms with E-state index in [-0.39, 0.29) is 0 Å². The third kappa shape index (κ3) is 4.53. The van der Waals surface area contributed by atoms with E-state index in [4.69, 9.17) is 0 Å². The largest absolute Gasteiger partial charge is 0.369 e. The van der Waals surface area contributed by atoms with Gasteiger partial charge in [0.2, 0.25) is 10.0 Å². The summed E-state index contributed by atoms with van der Waals surface area (Å²) in [6.07, 6.45) is 3.28. The molecule has 146 valence electrons. The van der Waals surface area contributed by atoms with Gasteiger partial charge in [0.15, 0.2) is 0 Å². The zero-order chi connectivity index (χ0) is 19.4. The summed E-state index contributed by atoms with van der Waals surface area (Å²) in [6.45, 7) is 8.85.